The van der Waals surface area contributed by atoms with Crippen LogP contribution in [0.3, 0.4) is 0 Å². The first kappa shape index (κ1) is 11.4. The van der Waals surface area contributed by atoms with Crippen LogP contribution in [-0.4, -0.2) is 6.54 Å². The number of nitrogens with two attached hydrogens (primary N) is 1. The lowest BCUT2D eigenvalue weighted by molar-refractivity contribution is 0.989. The van der Waals surface area contributed by atoms with E-state index in [0.717, 1.165) is 13.0 Å². The maximum atomic E-state index is 5.57. The van der Waals surface area contributed by atoms with Crippen molar-refractivity contribution in [3.05, 3.63) is 46.3 Å². The fraction of sp³-hybridized carbons (Fsp3) is 0.286. The molecule has 0 aliphatic rings. The molecule has 0 atom stereocenters. The Kier molecular flexibility index (Phi) is 3.42. The summed E-state index contributed by atoms with van der Waals surface area (Å²) in [5.41, 5.74) is 9.66. The van der Waals surface area contributed by atoms with Crippen molar-refractivity contribution in [3.8, 4) is 10.4 Å². The number of hydrogen-bond acceptors (Lipinski definition) is 2. The molecule has 1 aromatic heterocycles. The minimum Gasteiger partial charge on any atom is -0.330 e. The Hall–Kier alpha value is -1.12. The lowest BCUT2D eigenvalue weighted by Crippen LogP contribution is -2.00. The Balaban J connectivity index is 2.39. The van der Waals surface area contributed by atoms with E-state index in [1.807, 2.05) is 11.3 Å². The number of thiophene rings is 1. The summed E-state index contributed by atoms with van der Waals surface area (Å²) in [5.74, 6) is 0. The first-order valence-electron chi connectivity index (χ1n) is 5.57. The van der Waals surface area contributed by atoms with E-state index in [9.17, 15) is 0 Å². The molecule has 84 valence electrons. The maximum absolute atomic E-state index is 5.57. The van der Waals surface area contributed by atoms with Crippen LogP contribution in [0.4, 0.5) is 0 Å². The molecule has 0 unspecified atom stereocenters. The van der Waals surface area contributed by atoms with Gasteiger partial charge in [-0.05, 0) is 55.6 Å². The quantitative estimate of drug-likeness (QED) is 0.859. The molecule has 2 aromatic rings. The summed E-state index contributed by atoms with van der Waals surface area (Å²) in [6.45, 7) is 5.08. The van der Waals surface area contributed by atoms with E-state index in [-0.39, 0.29) is 0 Å². The minimum absolute atomic E-state index is 0.729. The molecule has 2 N–H and O–H groups in total. The molecular weight excluding hydrogens is 214 g/mol. The highest BCUT2D eigenvalue weighted by Gasteiger charge is 2.06. The molecule has 1 nitrogen and oxygen atoms in total. The van der Waals surface area contributed by atoms with Gasteiger partial charge in [0.25, 0.3) is 0 Å². The van der Waals surface area contributed by atoms with Gasteiger partial charge in [0.1, 0.15) is 0 Å². The molecule has 0 spiro atoms. The van der Waals surface area contributed by atoms with Crippen molar-refractivity contribution in [1.82, 2.24) is 0 Å². The van der Waals surface area contributed by atoms with E-state index in [4.69, 9.17) is 5.73 Å². The molecule has 0 amide bonds. The van der Waals surface area contributed by atoms with Crippen LogP contribution < -0.4 is 5.73 Å². The van der Waals surface area contributed by atoms with Crippen molar-refractivity contribution in [3.63, 3.8) is 0 Å². The number of hydrogen-bond donors (Lipinski definition) is 1. The monoisotopic (exact) mass is 231 g/mol. The second-order valence-corrected chi connectivity index (χ2v) is 5.22. The lowest BCUT2D eigenvalue weighted by Gasteiger charge is -2.05. The van der Waals surface area contributed by atoms with E-state index in [0.29, 0.717) is 0 Å². The molecule has 0 saturated heterocycles. The molecule has 16 heavy (non-hydrogen) atoms. The van der Waals surface area contributed by atoms with Crippen molar-refractivity contribution in [2.24, 2.45) is 5.73 Å². The normalized spacial score (nSPS) is 10.7. The third-order valence-electron chi connectivity index (χ3n) is 2.92. The van der Waals surface area contributed by atoms with Gasteiger partial charge >= 0.3 is 0 Å². The van der Waals surface area contributed by atoms with Crippen LogP contribution in [0.15, 0.2) is 30.3 Å². The van der Waals surface area contributed by atoms with Crippen molar-refractivity contribution in [2.45, 2.75) is 20.3 Å². The van der Waals surface area contributed by atoms with E-state index < -0.39 is 0 Å². The largest absolute Gasteiger partial charge is 0.330 e. The van der Waals surface area contributed by atoms with Gasteiger partial charge in [-0.15, -0.1) is 11.3 Å². The standard InChI is InChI=1S/C14H17NS/c1-10-4-3-5-13(11(10)2)14-7-6-12(16-14)8-9-15/h3-7H,8-9,15H2,1-2H3. The van der Waals surface area contributed by atoms with Crippen molar-refractivity contribution < 1.29 is 0 Å². The van der Waals surface area contributed by atoms with Crippen LogP contribution in [0.5, 0.6) is 0 Å². The SMILES string of the molecule is Cc1cccc(-c2ccc(CCN)s2)c1C. The average Bonchev–Trinajstić information content (AvgIpc) is 2.71. The second-order valence-electron chi connectivity index (χ2n) is 4.05. The Morgan fingerprint density at radius 2 is 1.94 bits per heavy atom. The highest BCUT2D eigenvalue weighted by atomic mass is 32.1. The number of benzene rings is 1. The van der Waals surface area contributed by atoms with Gasteiger partial charge in [-0.3, -0.25) is 0 Å². The van der Waals surface area contributed by atoms with Crippen LogP contribution in [0.2, 0.25) is 0 Å². The maximum Gasteiger partial charge on any atom is 0.0348 e. The molecule has 1 aromatic carbocycles. The average molecular weight is 231 g/mol. The number of aryl methyl sites for hydroxylation is 1. The molecule has 0 aliphatic carbocycles. The summed E-state index contributed by atoms with van der Waals surface area (Å²) in [5, 5.41) is 0. The molecule has 1 heterocycles. The van der Waals surface area contributed by atoms with E-state index in [1.165, 1.54) is 26.4 Å². The van der Waals surface area contributed by atoms with Crippen molar-refractivity contribution in [2.75, 3.05) is 6.54 Å². The summed E-state index contributed by atoms with van der Waals surface area (Å²) < 4.78 is 0. The van der Waals surface area contributed by atoms with Gasteiger partial charge in [-0.25, -0.2) is 0 Å². The smallest absolute Gasteiger partial charge is 0.0348 e. The number of rotatable bonds is 3. The first-order chi connectivity index (χ1) is 7.72. The van der Waals surface area contributed by atoms with Gasteiger partial charge in [0, 0.05) is 9.75 Å². The van der Waals surface area contributed by atoms with E-state index >= 15 is 0 Å². The molecule has 0 radical (unpaired) electrons. The van der Waals surface area contributed by atoms with Crippen LogP contribution in [0, 0.1) is 13.8 Å². The van der Waals surface area contributed by atoms with Gasteiger partial charge in [-0.1, -0.05) is 18.2 Å². The summed E-state index contributed by atoms with van der Waals surface area (Å²) in [7, 11) is 0. The molecule has 0 bridgehead atoms. The third-order valence-corrected chi connectivity index (χ3v) is 4.10. The minimum atomic E-state index is 0.729. The van der Waals surface area contributed by atoms with Gasteiger partial charge < -0.3 is 5.73 Å². The predicted molar refractivity (Wildman–Crippen MR) is 72.0 cm³/mol. The Labute approximate surface area is 101 Å². The van der Waals surface area contributed by atoms with Gasteiger partial charge in [0.2, 0.25) is 0 Å². The van der Waals surface area contributed by atoms with E-state index in [1.54, 1.807) is 0 Å². The van der Waals surface area contributed by atoms with Crippen LogP contribution in [0.25, 0.3) is 10.4 Å². The molecule has 0 saturated carbocycles. The van der Waals surface area contributed by atoms with E-state index in [2.05, 4.69) is 44.2 Å². The zero-order valence-electron chi connectivity index (χ0n) is 9.79. The van der Waals surface area contributed by atoms with Gasteiger partial charge in [0.05, 0.1) is 0 Å². The highest BCUT2D eigenvalue weighted by molar-refractivity contribution is 7.15. The molecule has 0 fully saturated rings. The van der Waals surface area contributed by atoms with Crippen molar-refractivity contribution in [1.29, 1.82) is 0 Å². The molecular formula is C14H17NS. The van der Waals surface area contributed by atoms with Crippen LogP contribution in [0.1, 0.15) is 16.0 Å². The zero-order valence-corrected chi connectivity index (χ0v) is 10.6. The predicted octanol–water partition coefficient (Wildman–Crippen LogP) is 3.53. The van der Waals surface area contributed by atoms with Crippen LogP contribution >= 0.6 is 11.3 Å². The fourth-order valence-corrected chi connectivity index (χ4v) is 2.92. The Bertz CT molecular complexity index is 485. The lowest BCUT2D eigenvalue weighted by atomic mass is 10.0. The first-order valence-corrected chi connectivity index (χ1v) is 6.39. The van der Waals surface area contributed by atoms with Crippen LogP contribution in [-0.2, 0) is 6.42 Å². The highest BCUT2D eigenvalue weighted by Crippen LogP contribution is 2.31. The Morgan fingerprint density at radius 1 is 1.12 bits per heavy atom. The van der Waals surface area contributed by atoms with Gasteiger partial charge in [-0.2, -0.15) is 0 Å². The second kappa shape index (κ2) is 4.81. The molecule has 2 rings (SSSR count). The summed E-state index contributed by atoms with van der Waals surface area (Å²) in [4.78, 5) is 2.73. The fourth-order valence-electron chi connectivity index (χ4n) is 1.82. The zero-order chi connectivity index (χ0) is 11.5. The van der Waals surface area contributed by atoms with Gasteiger partial charge in [0.15, 0.2) is 0 Å². The topological polar surface area (TPSA) is 26.0 Å². The Morgan fingerprint density at radius 3 is 2.69 bits per heavy atom. The molecule has 0 aliphatic heterocycles. The molecule has 2 heteroatoms. The summed E-state index contributed by atoms with van der Waals surface area (Å²) >= 11 is 1.85. The van der Waals surface area contributed by atoms with Crippen molar-refractivity contribution >= 4 is 11.3 Å². The third kappa shape index (κ3) is 2.18. The summed E-state index contributed by atoms with van der Waals surface area (Å²) in [6.07, 6.45) is 0.982. The summed E-state index contributed by atoms with van der Waals surface area (Å²) in [6, 6.07) is 10.9.